The van der Waals surface area contributed by atoms with Crippen molar-refractivity contribution in [3.05, 3.63) is 35.0 Å². The Morgan fingerprint density at radius 3 is 2.80 bits per heavy atom. The van der Waals surface area contributed by atoms with E-state index in [1.807, 2.05) is 13.0 Å². The lowest BCUT2D eigenvalue weighted by atomic mass is 10.1. The van der Waals surface area contributed by atoms with Gasteiger partial charge in [-0.2, -0.15) is 18.3 Å². The zero-order valence-corrected chi connectivity index (χ0v) is 14.0. The lowest BCUT2D eigenvalue weighted by Gasteiger charge is -2.21. The van der Waals surface area contributed by atoms with E-state index in [-0.39, 0.29) is 11.7 Å². The van der Waals surface area contributed by atoms with Crippen molar-refractivity contribution in [3.63, 3.8) is 0 Å². The van der Waals surface area contributed by atoms with Crippen LogP contribution < -0.4 is 0 Å². The van der Waals surface area contributed by atoms with E-state index in [1.54, 1.807) is 0 Å². The molecule has 2 aromatic heterocycles. The van der Waals surface area contributed by atoms with Crippen LogP contribution in [-0.4, -0.2) is 32.3 Å². The number of alkyl halides is 3. The highest BCUT2D eigenvalue weighted by atomic mass is 19.4. The molecule has 1 aliphatic heterocycles. The maximum Gasteiger partial charge on any atom is 0.433 e. The Bertz CT molecular complexity index is 766. The second-order valence-corrected chi connectivity index (χ2v) is 6.16. The molecular formula is C16H19F3N4O2. The molecule has 3 heterocycles. The number of nitrogens with zero attached hydrogens (tertiary/aromatic N) is 4. The molecule has 0 bridgehead atoms. The molecule has 1 atom stereocenters. The van der Waals surface area contributed by atoms with E-state index in [9.17, 15) is 18.0 Å². The number of carbonyl (C=O) groups is 1. The number of hydrogen-bond donors (Lipinski definition) is 0. The van der Waals surface area contributed by atoms with Gasteiger partial charge in [-0.05, 0) is 19.3 Å². The molecule has 6 nitrogen and oxygen atoms in total. The van der Waals surface area contributed by atoms with E-state index < -0.39 is 17.8 Å². The molecule has 1 amide bonds. The first kappa shape index (κ1) is 17.5. The Kier molecular flexibility index (Phi) is 4.57. The number of aryl methyl sites for hydroxylation is 2. The van der Waals surface area contributed by atoms with Crippen molar-refractivity contribution < 1.29 is 22.5 Å². The quantitative estimate of drug-likeness (QED) is 0.843. The van der Waals surface area contributed by atoms with Crippen LogP contribution in [0, 0.1) is 0 Å². The first-order valence-electron chi connectivity index (χ1n) is 8.19. The zero-order chi connectivity index (χ0) is 18.2. The summed E-state index contributed by atoms with van der Waals surface area (Å²) in [5, 5.41) is 7.78. The van der Waals surface area contributed by atoms with Crippen molar-refractivity contribution in [2.24, 2.45) is 7.05 Å². The highest BCUT2D eigenvalue weighted by Crippen LogP contribution is 2.34. The van der Waals surface area contributed by atoms with Gasteiger partial charge in [-0.15, -0.1) is 0 Å². The number of aromatic nitrogens is 3. The first-order valence-corrected chi connectivity index (χ1v) is 8.19. The normalized spacial score (nSPS) is 18.1. The summed E-state index contributed by atoms with van der Waals surface area (Å²) >= 11 is 0. The number of carbonyl (C=O) groups excluding carboxylic acids is 1. The molecule has 9 heteroatoms. The van der Waals surface area contributed by atoms with Gasteiger partial charge in [0.1, 0.15) is 17.1 Å². The van der Waals surface area contributed by atoms with E-state index in [0.29, 0.717) is 23.3 Å². The topological polar surface area (TPSA) is 64.2 Å². The standard InChI is InChI=1S/C16H19F3N4O2/c1-3-5-10-8-11(21-25-10)13-6-4-7-23(13)15(24)12-9-14(16(17,18)19)22(2)20-12/h8-9,13H,3-7H2,1-2H3/t13-/m1/s1. The van der Waals surface area contributed by atoms with E-state index >= 15 is 0 Å². The highest BCUT2D eigenvalue weighted by Gasteiger charge is 2.38. The molecule has 3 rings (SSSR count). The first-order chi connectivity index (χ1) is 11.8. The SMILES string of the molecule is CCCc1cc([C@H]2CCCN2C(=O)c2cc(C(F)(F)F)n(C)n2)no1. The Hall–Kier alpha value is -2.32. The minimum absolute atomic E-state index is 0.209. The molecule has 1 fully saturated rings. The summed E-state index contributed by atoms with van der Waals surface area (Å²) in [6.45, 7) is 2.48. The van der Waals surface area contributed by atoms with Gasteiger partial charge in [0.2, 0.25) is 0 Å². The summed E-state index contributed by atoms with van der Waals surface area (Å²) in [4.78, 5) is 14.2. The van der Waals surface area contributed by atoms with Crippen molar-refractivity contribution in [3.8, 4) is 0 Å². The second kappa shape index (κ2) is 6.53. The van der Waals surface area contributed by atoms with Crippen molar-refractivity contribution in [1.29, 1.82) is 0 Å². The monoisotopic (exact) mass is 356 g/mol. The van der Waals surface area contributed by atoms with Crippen LogP contribution in [0.5, 0.6) is 0 Å². The van der Waals surface area contributed by atoms with E-state index in [1.165, 1.54) is 11.9 Å². The smallest absolute Gasteiger partial charge is 0.361 e. The summed E-state index contributed by atoms with van der Waals surface area (Å²) in [5.74, 6) is 0.225. The lowest BCUT2D eigenvalue weighted by molar-refractivity contribution is -0.143. The summed E-state index contributed by atoms with van der Waals surface area (Å²) in [6, 6.07) is 2.32. The van der Waals surface area contributed by atoms with Crippen molar-refractivity contribution in [2.45, 2.75) is 44.8 Å². The van der Waals surface area contributed by atoms with Gasteiger partial charge in [-0.1, -0.05) is 12.1 Å². The van der Waals surface area contributed by atoms with Gasteiger partial charge in [0, 0.05) is 32.1 Å². The van der Waals surface area contributed by atoms with Crippen molar-refractivity contribution in [1.82, 2.24) is 19.8 Å². The average molecular weight is 356 g/mol. The molecule has 2 aromatic rings. The van der Waals surface area contributed by atoms with Crippen LogP contribution in [0.15, 0.2) is 16.7 Å². The van der Waals surface area contributed by atoms with Gasteiger partial charge in [0.05, 0.1) is 6.04 Å². The van der Waals surface area contributed by atoms with Crippen LogP contribution in [0.2, 0.25) is 0 Å². The summed E-state index contributed by atoms with van der Waals surface area (Å²) in [5.41, 5.74) is -0.515. The summed E-state index contributed by atoms with van der Waals surface area (Å²) in [6.07, 6.45) is -1.43. The van der Waals surface area contributed by atoms with Crippen LogP contribution >= 0.6 is 0 Å². The van der Waals surface area contributed by atoms with Crippen LogP contribution in [0.25, 0.3) is 0 Å². The van der Waals surface area contributed by atoms with E-state index in [4.69, 9.17) is 4.52 Å². The molecule has 0 N–H and O–H groups in total. The molecule has 25 heavy (non-hydrogen) atoms. The van der Waals surface area contributed by atoms with Crippen LogP contribution in [0.3, 0.4) is 0 Å². The number of rotatable bonds is 4. The third-order valence-electron chi connectivity index (χ3n) is 4.32. The number of likely N-dealkylation sites (tertiary alicyclic amines) is 1. The molecule has 1 saturated heterocycles. The zero-order valence-electron chi connectivity index (χ0n) is 14.0. The molecule has 136 valence electrons. The minimum Gasteiger partial charge on any atom is -0.361 e. The van der Waals surface area contributed by atoms with Gasteiger partial charge in [0.25, 0.3) is 5.91 Å². The Morgan fingerprint density at radius 1 is 1.40 bits per heavy atom. The Balaban J connectivity index is 1.83. The molecule has 0 unspecified atom stereocenters. The van der Waals surface area contributed by atoms with Gasteiger partial charge in [-0.25, -0.2) is 0 Å². The van der Waals surface area contributed by atoms with Gasteiger partial charge in [-0.3, -0.25) is 9.48 Å². The van der Waals surface area contributed by atoms with Crippen molar-refractivity contribution >= 4 is 5.91 Å². The average Bonchev–Trinajstić information content (AvgIpc) is 3.23. The predicted octanol–water partition coefficient (Wildman–Crippen LogP) is 3.36. The maximum absolute atomic E-state index is 12.9. The molecule has 0 aromatic carbocycles. The predicted molar refractivity (Wildman–Crippen MR) is 81.7 cm³/mol. The Labute approximate surface area is 142 Å². The third-order valence-corrected chi connectivity index (χ3v) is 4.32. The van der Waals surface area contributed by atoms with E-state index in [0.717, 1.165) is 31.1 Å². The molecule has 0 spiro atoms. The molecule has 1 aliphatic rings. The summed E-state index contributed by atoms with van der Waals surface area (Å²) in [7, 11) is 1.18. The van der Waals surface area contributed by atoms with Gasteiger partial charge < -0.3 is 9.42 Å². The number of halogens is 3. The summed E-state index contributed by atoms with van der Waals surface area (Å²) < 4.78 is 44.7. The highest BCUT2D eigenvalue weighted by molar-refractivity contribution is 5.93. The number of amides is 1. The molecular weight excluding hydrogens is 337 g/mol. The second-order valence-electron chi connectivity index (χ2n) is 6.16. The van der Waals surface area contributed by atoms with Gasteiger partial charge in [0.15, 0.2) is 5.69 Å². The van der Waals surface area contributed by atoms with E-state index in [2.05, 4.69) is 10.3 Å². The van der Waals surface area contributed by atoms with Crippen LogP contribution in [0.4, 0.5) is 13.2 Å². The fourth-order valence-corrected chi connectivity index (χ4v) is 3.15. The van der Waals surface area contributed by atoms with Crippen LogP contribution in [0.1, 0.15) is 59.9 Å². The third kappa shape index (κ3) is 3.40. The maximum atomic E-state index is 12.9. The number of hydrogen-bond acceptors (Lipinski definition) is 4. The van der Waals surface area contributed by atoms with Crippen LogP contribution in [-0.2, 0) is 19.6 Å². The largest absolute Gasteiger partial charge is 0.433 e. The van der Waals surface area contributed by atoms with Gasteiger partial charge >= 0.3 is 6.18 Å². The fourth-order valence-electron chi connectivity index (χ4n) is 3.15. The lowest BCUT2D eigenvalue weighted by Crippen LogP contribution is -2.31. The molecule has 0 radical (unpaired) electrons. The van der Waals surface area contributed by atoms with Crippen molar-refractivity contribution in [2.75, 3.05) is 6.54 Å². The fraction of sp³-hybridized carbons (Fsp3) is 0.562. The molecule has 0 saturated carbocycles. The Morgan fingerprint density at radius 2 is 2.16 bits per heavy atom. The molecule has 0 aliphatic carbocycles. The minimum atomic E-state index is -4.55.